The van der Waals surface area contributed by atoms with E-state index >= 15 is 0 Å². The van der Waals surface area contributed by atoms with Crippen LogP contribution in [0.5, 0.6) is 0 Å². The molecule has 0 spiro atoms. The second-order valence-corrected chi connectivity index (χ2v) is 5.76. The number of hydrogen-bond acceptors (Lipinski definition) is 0. The van der Waals surface area contributed by atoms with Crippen molar-refractivity contribution in [1.29, 1.82) is 0 Å². The monoisotopic (exact) mass is 426 g/mol. The SMILES string of the molecule is [CH2-]C(C)C1(C([CH2-])C)c2ccccc2-c2ccccc21.[Y].[Y]. The molecule has 0 aromatic heterocycles. The summed E-state index contributed by atoms with van der Waals surface area (Å²) < 4.78 is 0. The van der Waals surface area contributed by atoms with E-state index in [0.717, 1.165) is 0 Å². The zero-order chi connectivity index (χ0) is 13.6. The van der Waals surface area contributed by atoms with Gasteiger partial charge in [0.05, 0.1) is 0 Å². The van der Waals surface area contributed by atoms with Gasteiger partial charge in [-0.2, -0.15) is 11.8 Å². The molecule has 0 saturated heterocycles. The van der Waals surface area contributed by atoms with Crippen molar-refractivity contribution in [1.82, 2.24) is 0 Å². The van der Waals surface area contributed by atoms with Crippen LogP contribution in [0.15, 0.2) is 48.5 Å². The van der Waals surface area contributed by atoms with Crippen molar-refractivity contribution in [2.45, 2.75) is 19.3 Å². The molecule has 21 heavy (non-hydrogen) atoms. The van der Waals surface area contributed by atoms with Crippen LogP contribution in [0, 0.1) is 25.7 Å². The molecule has 1 aliphatic rings. The summed E-state index contributed by atoms with van der Waals surface area (Å²) in [7, 11) is 0. The minimum atomic E-state index is -0.0623. The van der Waals surface area contributed by atoms with Crippen LogP contribution in [0.25, 0.3) is 11.1 Å². The predicted octanol–water partition coefficient (Wildman–Crippen LogP) is 4.89. The Hall–Kier alpha value is 0.648. The zero-order valence-electron chi connectivity index (χ0n) is 12.8. The third kappa shape index (κ3) is 2.80. The van der Waals surface area contributed by atoms with E-state index in [1.54, 1.807) is 0 Å². The van der Waals surface area contributed by atoms with E-state index < -0.39 is 0 Å². The van der Waals surface area contributed by atoms with Crippen molar-refractivity contribution in [2.75, 3.05) is 0 Å². The van der Waals surface area contributed by atoms with Crippen molar-refractivity contribution >= 4 is 0 Å². The van der Waals surface area contributed by atoms with E-state index in [2.05, 4.69) is 76.2 Å². The third-order valence-corrected chi connectivity index (χ3v) is 4.59. The van der Waals surface area contributed by atoms with Gasteiger partial charge in [0.25, 0.3) is 0 Å². The summed E-state index contributed by atoms with van der Waals surface area (Å²) in [5.74, 6) is 0.564. The Kier molecular flexibility index (Phi) is 7.01. The standard InChI is InChI=1S/C19H20.2Y/c1-13(2)19(14(3)4)17-11-7-5-9-15(17)16-10-6-8-12-18(16)19;;/h5-14H,1,3H2,2,4H3;;/q-2;;. The van der Waals surface area contributed by atoms with Crippen molar-refractivity contribution in [2.24, 2.45) is 11.8 Å². The first-order valence-corrected chi connectivity index (χ1v) is 6.95. The van der Waals surface area contributed by atoms with Crippen LogP contribution in [-0.2, 0) is 70.8 Å². The normalized spacial score (nSPS) is 16.8. The maximum atomic E-state index is 4.37. The van der Waals surface area contributed by atoms with Crippen LogP contribution in [0.2, 0.25) is 0 Å². The van der Waals surface area contributed by atoms with Gasteiger partial charge in [0, 0.05) is 65.4 Å². The quantitative estimate of drug-likeness (QED) is 0.601. The molecule has 104 valence electrons. The van der Waals surface area contributed by atoms with Crippen LogP contribution in [0.1, 0.15) is 25.0 Å². The molecule has 2 aromatic carbocycles. The fraction of sp³-hybridized carbons (Fsp3) is 0.263. The van der Waals surface area contributed by atoms with Crippen LogP contribution >= 0.6 is 0 Å². The first kappa shape index (κ1) is 19.7. The molecule has 2 radical (unpaired) electrons. The molecule has 0 bridgehead atoms. The topological polar surface area (TPSA) is 0 Å². The van der Waals surface area contributed by atoms with Crippen LogP contribution in [0.4, 0.5) is 0 Å². The fourth-order valence-corrected chi connectivity index (χ4v) is 3.85. The molecule has 0 heterocycles. The van der Waals surface area contributed by atoms with E-state index in [-0.39, 0.29) is 82.7 Å². The Morgan fingerprint density at radius 2 is 1.05 bits per heavy atom. The van der Waals surface area contributed by atoms with E-state index in [4.69, 9.17) is 0 Å². The van der Waals surface area contributed by atoms with E-state index in [9.17, 15) is 0 Å². The molecule has 0 amide bonds. The van der Waals surface area contributed by atoms with Gasteiger partial charge in [0.2, 0.25) is 0 Å². The Morgan fingerprint density at radius 3 is 1.38 bits per heavy atom. The number of hydrogen-bond donors (Lipinski definition) is 0. The van der Waals surface area contributed by atoms with Gasteiger partial charge in [-0.15, -0.1) is 0 Å². The largest absolute Gasteiger partial charge is 0.339 e. The Morgan fingerprint density at radius 1 is 0.714 bits per heavy atom. The average Bonchev–Trinajstić information content (AvgIpc) is 2.70. The predicted molar refractivity (Wildman–Crippen MR) is 81.7 cm³/mol. The average molecular weight is 426 g/mol. The van der Waals surface area contributed by atoms with Gasteiger partial charge in [-0.1, -0.05) is 62.4 Å². The molecule has 2 heteroatoms. The van der Waals surface area contributed by atoms with Gasteiger partial charge >= 0.3 is 0 Å². The van der Waals surface area contributed by atoms with Gasteiger partial charge in [-0.3, -0.25) is 0 Å². The van der Waals surface area contributed by atoms with Gasteiger partial charge in [-0.05, 0) is 27.7 Å². The third-order valence-electron chi connectivity index (χ3n) is 4.59. The Balaban J connectivity index is 0.00000110. The van der Waals surface area contributed by atoms with Crippen molar-refractivity contribution in [3.05, 3.63) is 73.5 Å². The molecular weight excluding hydrogens is 406 g/mol. The molecule has 0 fully saturated rings. The number of rotatable bonds is 2. The smallest absolute Gasteiger partial charge is 0 e. The minimum Gasteiger partial charge on any atom is -0.339 e. The maximum absolute atomic E-state index is 4.37. The van der Waals surface area contributed by atoms with Gasteiger partial charge < -0.3 is 13.8 Å². The second-order valence-electron chi connectivity index (χ2n) is 5.76. The summed E-state index contributed by atoms with van der Waals surface area (Å²) in [6.45, 7) is 13.2. The molecule has 2 unspecified atom stereocenters. The van der Waals surface area contributed by atoms with Crippen molar-refractivity contribution in [3.8, 4) is 11.1 Å². The molecule has 0 saturated carbocycles. The Bertz CT molecular complexity index is 559. The summed E-state index contributed by atoms with van der Waals surface area (Å²) in [6.07, 6.45) is 0. The van der Waals surface area contributed by atoms with Crippen molar-refractivity contribution < 1.29 is 65.4 Å². The summed E-state index contributed by atoms with van der Waals surface area (Å²) in [4.78, 5) is 0. The molecule has 3 rings (SSSR count). The first-order chi connectivity index (χ1) is 9.10. The molecule has 0 nitrogen and oxygen atoms in total. The van der Waals surface area contributed by atoms with E-state index in [1.165, 1.54) is 22.3 Å². The minimum absolute atomic E-state index is 0. The summed E-state index contributed by atoms with van der Waals surface area (Å²) >= 11 is 0. The van der Waals surface area contributed by atoms with Gasteiger partial charge in [0.1, 0.15) is 0 Å². The second kappa shape index (κ2) is 7.48. The van der Waals surface area contributed by atoms with Gasteiger partial charge in [0.15, 0.2) is 0 Å². The van der Waals surface area contributed by atoms with Crippen LogP contribution < -0.4 is 0 Å². The molecule has 2 aromatic rings. The summed E-state index contributed by atoms with van der Waals surface area (Å²) in [6, 6.07) is 17.4. The zero-order valence-corrected chi connectivity index (χ0v) is 18.5. The van der Waals surface area contributed by atoms with Crippen molar-refractivity contribution in [3.63, 3.8) is 0 Å². The molecule has 2 atom stereocenters. The van der Waals surface area contributed by atoms with Gasteiger partial charge in [-0.25, -0.2) is 0 Å². The number of fused-ring (bicyclic) bond motifs is 3. The molecule has 0 aliphatic heterocycles. The molecular formula is C19H20Y2-2. The number of benzene rings is 2. The first-order valence-electron chi connectivity index (χ1n) is 6.95. The fourth-order valence-electron chi connectivity index (χ4n) is 3.85. The summed E-state index contributed by atoms with van der Waals surface area (Å²) in [5, 5.41) is 0. The molecule has 1 aliphatic carbocycles. The van der Waals surface area contributed by atoms with Crippen LogP contribution in [0.3, 0.4) is 0 Å². The molecule has 0 N–H and O–H groups in total. The van der Waals surface area contributed by atoms with Crippen LogP contribution in [-0.4, -0.2) is 0 Å². The Labute approximate surface area is 179 Å². The van der Waals surface area contributed by atoms with E-state index in [1.807, 2.05) is 0 Å². The van der Waals surface area contributed by atoms with E-state index in [0.29, 0.717) is 0 Å². The summed E-state index contributed by atoms with van der Waals surface area (Å²) in [5.41, 5.74) is 5.42. The maximum Gasteiger partial charge on any atom is 0 e.